The van der Waals surface area contributed by atoms with Gasteiger partial charge in [0.05, 0.1) is 5.56 Å². The number of fused-ring (bicyclic) bond motifs is 6. The van der Waals surface area contributed by atoms with Crippen LogP contribution in [0.1, 0.15) is 48.7 Å². The zero-order valence-corrected chi connectivity index (χ0v) is 17.9. The molecule has 3 aliphatic rings. The van der Waals surface area contributed by atoms with Crippen LogP contribution >= 0.6 is 0 Å². The molecule has 0 radical (unpaired) electrons. The standard InChI is InChI=1S/C23H17NO6.C2H6/c1-12(25)24-13-5-7-17-16(9-13)22(28)30-23(17)18-4-2-3-14(26)10-20(18)29-21-11-15(27)6-8-19(21)23;1-2/h3-11,26-27H,2H2,1H3,(H,24,25);1-2H3. The summed E-state index contributed by atoms with van der Waals surface area (Å²) in [5.41, 5.74) is 1.24. The molecule has 1 amide bonds. The van der Waals surface area contributed by atoms with Crippen molar-refractivity contribution in [2.24, 2.45) is 0 Å². The summed E-state index contributed by atoms with van der Waals surface area (Å²) < 4.78 is 12.0. The minimum absolute atomic E-state index is 0.00383. The van der Waals surface area contributed by atoms with Crippen LogP contribution in [0.5, 0.6) is 11.5 Å². The fraction of sp³-hybridized carbons (Fsp3) is 0.200. The summed E-state index contributed by atoms with van der Waals surface area (Å²) in [6.45, 7) is 5.39. The molecule has 7 nitrogen and oxygen atoms in total. The van der Waals surface area contributed by atoms with E-state index in [1.165, 1.54) is 25.1 Å². The third-order valence-corrected chi connectivity index (χ3v) is 5.32. The molecule has 2 heterocycles. The zero-order chi connectivity index (χ0) is 23.0. The molecule has 164 valence electrons. The third kappa shape index (κ3) is 3.22. The van der Waals surface area contributed by atoms with Crippen LogP contribution < -0.4 is 10.1 Å². The first kappa shape index (κ1) is 21.2. The second-order valence-electron chi connectivity index (χ2n) is 7.29. The van der Waals surface area contributed by atoms with Gasteiger partial charge in [0, 0.05) is 41.5 Å². The first-order chi connectivity index (χ1) is 15.4. The van der Waals surface area contributed by atoms with E-state index >= 15 is 0 Å². The summed E-state index contributed by atoms with van der Waals surface area (Å²) in [7, 11) is 0. The van der Waals surface area contributed by atoms with E-state index in [2.05, 4.69) is 5.32 Å². The van der Waals surface area contributed by atoms with Crippen LogP contribution in [0.3, 0.4) is 0 Å². The van der Waals surface area contributed by atoms with Crippen molar-refractivity contribution >= 4 is 17.6 Å². The predicted molar refractivity (Wildman–Crippen MR) is 119 cm³/mol. The third-order valence-electron chi connectivity index (χ3n) is 5.32. The van der Waals surface area contributed by atoms with Gasteiger partial charge in [-0.2, -0.15) is 0 Å². The number of aliphatic hydroxyl groups excluding tert-OH is 1. The van der Waals surface area contributed by atoms with E-state index in [-0.39, 0.29) is 17.4 Å². The van der Waals surface area contributed by atoms with Gasteiger partial charge >= 0.3 is 5.97 Å². The number of carbonyl (C=O) groups is 2. The Balaban J connectivity index is 0.00000119. The number of phenolic OH excluding ortho intramolecular Hbond substituents is 1. The Labute approximate surface area is 185 Å². The minimum atomic E-state index is -1.30. The van der Waals surface area contributed by atoms with E-state index in [0.717, 1.165) is 0 Å². The fourth-order valence-electron chi connectivity index (χ4n) is 4.17. The van der Waals surface area contributed by atoms with Crippen molar-refractivity contribution in [3.8, 4) is 11.5 Å². The molecule has 1 spiro atoms. The summed E-state index contributed by atoms with van der Waals surface area (Å²) in [6.07, 6.45) is 5.34. The molecule has 2 aliphatic heterocycles. The lowest BCUT2D eigenvalue weighted by Crippen LogP contribution is -2.36. The smallest absolute Gasteiger partial charge is 0.340 e. The van der Waals surface area contributed by atoms with E-state index in [0.29, 0.717) is 45.9 Å². The molecule has 32 heavy (non-hydrogen) atoms. The number of carbonyl (C=O) groups excluding carboxylic acids is 2. The maximum Gasteiger partial charge on any atom is 0.340 e. The molecule has 1 unspecified atom stereocenters. The van der Waals surface area contributed by atoms with Crippen LogP contribution in [0.2, 0.25) is 0 Å². The SMILES string of the molecule is CC.CC(=O)Nc1ccc2c(c1)C(=O)OC21C2=CCC=C(O)C=C2Oc2cc(O)ccc21. The van der Waals surface area contributed by atoms with Crippen LogP contribution in [-0.2, 0) is 15.1 Å². The lowest BCUT2D eigenvalue weighted by Gasteiger charge is -2.38. The number of anilines is 1. The Bertz CT molecular complexity index is 1220. The van der Waals surface area contributed by atoms with Crippen molar-refractivity contribution in [3.63, 3.8) is 0 Å². The number of nitrogens with one attached hydrogen (secondary N) is 1. The Kier molecular flexibility index (Phi) is 5.26. The molecule has 0 fully saturated rings. The number of hydrogen-bond acceptors (Lipinski definition) is 6. The van der Waals surface area contributed by atoms with Gasteiger partial charge in [-0.1, -0.05) is 26.0 Å². The van der Waals surface area contributed by atoms with Gasteiger partial charge in [0.1, 0.15) is 23.0 Å². The highest BCUT2D eigenvalue weighted by molar-refractivity contribution is 5.99. The molecule has 3 N–H and O–H groups in total. The molecule has 0 aromatic heterocycles. The van der Waals surface area contributed by atoms with Crippen molar-refractivity contribution in [1.82, 2.24) is 0 Å². The number of benzene rings is 2. The number of allylic oxidation sites excluding steroid dienone is 3. The Hall–Kier alpha value is -4.00. The highest BCUT2D eigenvalue weighted by atomic mass is 16.6. The van der Waals surface area contributed by atoms with Gasteiger partial charge < -0.3 is 25.0 Å². The van der Waals surface area contributed by atoms with Gasteiger partial charge in [-0.25, -0.2) is 4.79 Å². The van der Waals surface area contributed by atoms with Gasteiger partial charge in [0.25, 0.3) is 0 Å². The summed E-state index contributed by atoms with van der Waals surface area (Å²) in [4.78, 5) is 24.4. The van der Waals surface area contributed by atoms with Crippen molar-refractivity contribution in [2.45, 2.75) is 32.8 Å². The molecule has 2 aromatic rings. The highest BCUT2D eigenvalue weighted by Gasteiger charge is 2.55. The normalized spacial score (nSPS) is 20.0. The molecule has 7 heteroatoms. The lowest BCUT2D eigenvalue weighted by molar-refractivity contribution is -0.114. The Morgan fingerprint density at radius 3 is 2.56 bits per heavy atom. The molecule has 0 saturated heterocycles. The molecule has 1 atom stereocenters. The number of amides is 1. The second kappa shape index (κ2) is 7.92. The molecule has 0 bridgehead atoms. The van der Waals surface area contributed by atoms with E-state index in [4.69, 9.17) is 9.47 Å². The monoisotopic (exact) mass is 433 g/mol. The van der Waals surface area contributed by atoms with E-state index in [1.54, 1.807) is 30.3 Å². The second-order valence-corrected chi connectivity index (χ2v) is 7.29. The number of rotatable bonds is 1. The number of phenols is 1. The first-order valence-electron chi connectivity index (χ1n) is 10.4. The molecule has 1 aliphatic carbocycles. The van der Waals surface area contributed by atoms with Crippen LogP contribution in [0.15, 0.2) is 71.7 Å². The van der Waals surface area contributed by atoms with Gasteiger partial charge in [0.15, 0.2) is 5.60 Å². The molecule has 5 rings (SSSR count). The fourth-order valence-corrected chi connectivity index (χ4v) is 4.17. The minimum Gasteiger partial charge on any atom is -0.508 e. The van der Waals surface area contributed by atoms with Crippen LogP contribution in [0.4, 0.5) is 5.69 Å². The summed E-state index contributed by atoms with van der Waals surface area (Å²) >= 11 is 0. The van der Waals surface area contributed by atoms with E-state index in [9.17, 15) is 19.8 Å². The molecular weight excluding hydrogens is 410 g/mol. The van der Waals surface area contributed by atoms with Crippen LogP contribution in [-0.4, -0.2) is 22.1 Å². The van der Waals surface area contributed by atoms with Crippen LogP contribution in [0.25, 0.3) is 0 Å². The number of hydrogen-bond donors (Lipinski definition) is 3. The average molecular weight is 433 g/mol. The maximum absolute atomic E-state index is 12.9. The van der Waals surface area contributed by atoms with Crippen molar-refractivity contribution in [1.29, 1.82) is 0 Å². The maximum atomic E-state index is 12.9. The zero-order valence-electron chi connectivity index (χ0n) is 17.9. The van der Waals surface area contributed by atoms with Gasteiger partial charge in [-0.15, -0.1) is 0 Å². The van der Waals surface area contributed by atoms with Crippen molar-refractivity contribution in [3.05, 3.63) is 88.4 Å². The van der Waals surface area contributed by atoms with E-state index in [1.807, 2.05) is 19.9 Å². The first-order valence-corrected chi connectivity index (χ1v) is 10.4. The Morgan fingerprint density at radius 1 is 1.06 bits per heavy atom. The van der Waals surface area contributed by atoms with Gasteiger partial charge in [-0.05, 0) is 36.8 Å². The summed E-state index contributed by atoms with van der Waals surface area (Å²) in [6, 6.07) is 9.63. The lowest BCUT2D eigenvalue weighted by atomic mass is 9.76. The topological polar surface area (TPSA) is 105 Å². The van der Waals surface area contributed by atoms with Crippen LogP contribution in [0, 0.1) is 0 Å². The molecule has 0 saturated carbocycles. The van der Waals surface area contributed by atoms with Crippen molar-refractivity contribution < 1.29 is 29.3 Å². The Morgan fingerprint density at radius 2 is 1.81 bits per heavy atom. The number of aromatic hydroxyl groups is 1. The predicted octanol–water partition coefficient (Wildman–Crippen LogP) is 4.84. The molecular formula is C25H23NO6. The number of esters is 1. The largest absolute Gasteiger partial charge is 0.508 e. The highest BCUT2D eigenvalue weighted by Crippen LogP contribution is 2.56. The van der Waals surface area contributed by atoms with E-state index < -0.39 is 11.6 Å². The quantitative estimate of drug-likeness (QED) is 0.556. The average Bonchev–Trinajstić information content (AvgIpc) is 2.89. The number of ether oxygens (including phenoxy) is 2. The van der Waals surface area contributed by atoms with Gasteiger partial charge in [-0.3, -0.25) is 4.79 Å². The summed E-state index contributed by atoms with van der Waals surface area (Å²) in [5.74, 6) is -0.122. The van der Waals surface area contributed by atoms with Gasteiger partial charge in [0.2, 0.25) is 5.91 Å². The van der Waals surface area contributed by atoms with Crippen molar-refractivity contribution in [2.75, 3.05) is 5.32 Å². The summed E-state index contributed by atoms with van der Waals surface area (Å²) in [5, 5.41) is 22.7. The number of aliphatic hydroxyl groups is 1. The molecule has 2 aromatic carbocycles.